The minimum Gasteiger partial charge on any atom is -0.497 e. The summed E-state index contributed by atoms with van der Waals surface area (Å²) in [5, 5.41) is 8.90. The lowest BCUT2D eigenvalue weighted by atomic mass is 10.1. The van der Waals surface area contributed by atoms with E-state index in [1.807, 2.05) is 13.0 Å². The van der Waals surface area contributed by atoms with E-state index in [2.05, 4.69) is 6.07 Å². The van der Waals surface area contributed by atoms with E-state index in [9.17, 15) is 0 Å². The van der Waals surface area contributed by atoms with Crippen molar-refractivity contribution >= 4 is 5.69 Å². The Hall–Kier alpha value is -2.67. The molecule has 0 unspecified atom stereocenters. The molecule has 2 rings (SSSR count). The summed E-state index contributed by atoms with van der Waals surface area (Å²) in [5.41, 5.74) is 7.83. The highest BCUT2D eigenvalue weighted by molar-refractivity contribution is 5.52. The Balaban J connectivity index is 2.36. The number of nitrogens with two attached hydrogens (primary N) is 1. The first-order chi connectivity index (χ1) is 9.12. The molecule has 2 aromatic carbocycles. The third-order valence-corrected chi connectivity index (χ3v) is 2.68. The van der Waals surface area contributed by atoms with Crippen LogP contribution < -0.4 is 15.2 Å². The molecule has 96 valence electrons. The molecule has 0 atom stereocenters. The van der Waals surface area contributed by atoms with Crippen LogP contribution in [0.5, 0.6) is 17.2 Å². The smallest absolute Gasteiger partial charge is 0.133 e. The van der Waals surface area contributed by atoms with Gasteiger partial charge in [0.25, 0.3) is 0 Å². The van der Waals surface area contributed by atoms with Gasteiger partial charge in [0, 0.05) is 23.9 Å². The summed E-state index contributed by atoms with van der Waals surface area (Å²) in [6.45, 7) is 1.92. The van der Waals surface area contributed by atoms with Crippen molar-refractivity contribution in [3.8, 4) is 23.3 Å². The summed E-state index contributed by atoms with van der Waals surface area (Å²) in [6, 6.07) is 12.5. The van der Waals surface area contributed by atoms with Gasteiger partial charge >= 0.3 is 0 Å². The molecule has 0 saturated heterocycles. The number of rotatable bonds is 3. The zero-order valence-corrected chi connectivity index (χ0v) is 10.8. The molecule has 0 heterocycles. The second-order valence-corrected chi connectivity index (χ2v) is 4.14. The van der Waals surface area contributed by atoms with E-state index in [1.54, 1.807) is 37.4 Å². The highest BCUT2D eigenvalue weighted by Gasteiger charge is 2.05. The Morgan fingerprint density at radius 1 is 1.11 bits per heavy atom. The number of ether oxygens (including phenoxy) is 2. The van der Waals surface area contributed by atoms with Gasteiger partial charge in [0.05, 0.1) is 18.7 Å². The number of aryl methyl sites for hydroxylation is 1. The summed E-state index contributed by atoms with van der Waals surface area (Å²) in [7, 11) is 1.57. The van der Waals surface area contributed by atoms with Gasteiger partial charge < -0.3 is 15.2 Å². The van der Waals surface area contributed by atoms with E-state index in [0.29, 0.717) is 28.5 Å². The quantitative estimate of drug-likeness (QED) is 0.854. The second-order valence-electron chi connectivity index (χ2n) is 4.14. The molecule has 0 saturated carbocycles. The minimum atomic E-state index is 0.552. The van der Waals surface area contributed by atoms with Gasteiger partial charge in [-0.2, -0.15) is 5.26 Å². The second kappa shape index (κ2) is 5.32. The number of methoxy groups -OCH3 is 1. The van der Waals surface area contributed by atoms with Gasteiger partial charge in [-0.15, -0.1) is 0 Å². The van der Waals surface area contributed by atoms with Crippen LogP contribution in [-0.4, -0.2) is 7.11 Å². The molecule has 2 aromatic rings. The lowest BCUT2D eigenvalue weighted by Gasteiger charge is -2.11. The summed E-state index contributed by atoms with van der Waals surface area (Å²) in [6.07, 6.45) is 0. The molecule has 0 bridgehead atoms. The molecule has 0 aliphatic rings. The molecule has 0 fully saturated rings. The average molecular weight is 254 g/mol. The lowest BCUT2D eigenvalue weighted by molar-refractivity contribution is 0.409. The average Bonchev–Trinajstić information content (AvgIpc) is 2.40. The number of nitrogen functional groups attached to an aromatic ring is 1. The van der Waals surface area contributed by atoms with Crippen molar-refractivity contribution < 1.29 is 9.47 Å². The van der Waals surface area contributed by atoms with Gasteiger partial charge in [0.15, 0.2) is 0 Å². The predicted molar refractivity (Wildman–Crippen MR) is 73.4 cm³/mol. The van der Waals surface area contributed by atoms with E-state index < -0.39 is 0 Å². The molecule has 2 N–H and O–H groups in total. The predicted octanol–water partition coefficient (Wildman–Crippen LogP) is 3.25. The number of nitriles is 1. The zero-order chi connectivity index (χ0) is 13.8. The molecule has 0 aliphatic carbocycles. The minimum absolute atomic E-state index is 0.552. The van der Waals surface area contributed by atoms with E-state index in [0.717, 1.165) is 5.56 Å². The maximum Gasteiger partial charge on any atom is 0.133 e. The molecule has 0 aromatic heterocycles. The fraction of sp³-hybridized carbons (Fsp3) is 0.133. The van der Waals surface area contributed by atoms with E-state index >= 15 is 0 Å². The number of benzene rings is 2. The zero-order valence-electron chi connectivity index (χ0n) is 10.8. The van der Waals surface area contributed by atoms with E-state index in [-0.39, 0.29) is 0 Å². The monoisotopic (exact) mass is 254 g/mol. The van der Waals surface area contributed by atoms with Crippen molar-refractivity contribution in [2.24, 2.45) is 0 Å². The van der Waals surface area contributed by atoms with E-state index in [4.69, 9.17) is 20.5 Å². The number of anilines is 1. The summed E-state index contributed by atoms with van der Waals surface area (Å²) < 4.78 is 10.9. The topological polar surface area (TPSA) is 68.3 Å². The third kappa shape index (κ3) is 2.96. The first-order valence-corrected chi connectivity index (χ1v) is 5.75. The summed E-state index contributed by atoms with van der Waals surface area (Å²) in [4.78, 5) is 0. The van der Waals surface area contributed by atoms with Crippen molar-refractivity contribution in [2.45, 2.75) is 6.92 Å². The van der Waals surface area contributed by atoms with Gasteiger partial charge in [-0.05, 0) is 24.6 Å². The number of nitrogens with zero attached hydrogens (tertiary/aromatic N) is 1. The van der Waals surface area contributed by atoms with Crippen LogP contribution in [0.2, 0.25) is 0 Å². The standard InChI is InChI=1S/C15H14N2O2/c1-10-3-4-11(9-16)5-15(10)19-14-7-12(17)6-13(8-14)18-2/h3-8H,17H2,1-2H3. The van der Waals surface area contributed by atoms with Gasteiger partial charge in [-0.1, -0.05) is 6.07 Å². The van der Waals surface area contributed by atoms with Crippen LogP contribution >= 0.6 is 0 Å². The van der Waals surface area contributed by atoms with Crippen molar-refractivity contribution in [3.63, 3.8) is 0 Å². The largest absolute Gasteiger partial charge is 0.497 e. The fourth-order valence-corrected chi connectivity index (χ4v) is 1.68. The van der Waals surface area contributed by atoms with Crippen LogP contribution in [0.4, 0.5) is 5.69 Å². The molecule has 4 nitrogen and oxygen atoms in total. The molecule has 0 radical (unpaired) electrons. The first kappa shape index (κ1) is 12.8. The maximum atomic E-state index is 8.90. The van der Waals surface area contributed by atoms with E-state index in [1.165, 1.54) is 0 Å². The highest BCUT2D eigenvalue weighted by Crippen LogP contribution is 2.30. The van der Waals surface area contributed by atoms with Crippen molar-refractivity contribution in [1.82, 2.24) is 0 Å². The number of hydrogen-bond acceptors (Lipinski definition) is 4. The Morgan fingerprint density at radius 3 is 2.53 bits per heavy atom. The van der Waals surface area contributed by atoms with Crippen molar-refractivity contribution in [2.75, 3.05) is 12.8 Å². The van der Waals surface area contributed by atoms with Gasteiger partial charge in [-0.25, -0.2) is 0 Å². The molecule has 0 spiro atoms. The molecular weight excluding hydrogens is 240 g/mol. The fourth-order valence-electron chi connectivity index (χ4n) is 1.68. The van der Waals surface area contributed by atoms with Crippen LogP contribution in [0.1, 0.15) is 11.1 Å². The van der Waals surface area contributed by atoms with Crippen LogP contribution in [0.25, 0.3) is 0 Å². The Labute approximate surface area is 112 Å². The normalized spacial score (nSPS) is 9.74. The van der Waals surface area contributed by atoms with Gasteiger partial charge in [-0.3, -0.25) is 0 Å². The summed E-state index contributed by atoms with van der Waals surface area (Å²) in [5.74, 6) is 1.84. The Bertz CT molecular complexity index is 645. The van der Waals surface area contributed by atoms with Crippen LogP contribution in [0.15, 0.2) is 36.4 Å². The SMILES string of the molecule is COc1cc(N)cc(Oc2cc(C#N)ccc2C)c1. The van der Waals surface area contributed by atoms with Crippen LogP contribution in [0, 0.1) is 18.3 Å². The first-order valence-electron chi connectivity index (χ1n) is 5.75. The Kier molecular flexibility index (Phi) is 3.58. The molecule has 0 amide bonds. The Morgan fingerprint density at radius 2 is 1.84 bits per heavy atom. The molecular formula is C15H14N2O2. The van der Waals surface area contributed by atoms with Gasteiger partial charge in [0.2, 0.25) is 0 Å². The van der Waals surface area contributed by atoms with Crippen LogP contribution in [-0.2, 0) is 0 Å². The van der Waals surface area contributed by atoms with Crippen LogP contribution in [0.3, 0.4) is 0 Å². The van der Waals surface area contributed by atoms with Crippen molar-refractivity contribution in [3.05, 3.63) is 47.5 Å². The number of hydrogen-bond donors (Lipinski definition) is 1. The third-order valence-electron chi connectivity index (χ3n) is 2.68. The highest BCUT2D eigenvalue weighted by atomic mass is 16.5. The van der Waals surface area contributed by atoms with Crippen molar-refractivity contribution in [1.29, 1.82) is 5.26 Å². The molecule has 0 aliphatic heterocycles. The lowest BCUT2D eigenvalue weighted by Crippen LogP contribution is -1.93. The maximum absolute atomic E-state index is 8.90. The van der Waals surface area contributed by atoms with Gasteiger partial charge in [0.1, 0.15) is 17.2 Å². The molecule has 19 heavy (non-hydrogen) atoms. The molecule has 4 heteroatoms. The summed E-state index contributed by atoms with van der Waals surface area (Å²) >= 11 is 0.